The van der Waals surface area contributed by atoms with Crippen LogP contribution in [0.4, 0.5) is 0 Å². The van der Waals surface area contributed by atoms with E-state index in [0.717, 1.165) is 32.1 Å². The Labute approximate surface area is 102 Å². The summed E-state index contributed by atoms with van der Waals surface area (Å²) in [5.41, 5.74) is 5.56. The van der Waals surface area contributed by atoms with Crippen LogP contribution in [0.1, 0.15) is 32.1 Å². The van der Waals surface area contributed by atoms with Crippen molar-refractivity contribution >= 4 is 16.0 Å². The molecule has 0 saturated heterocycles. The summed E-state index contributed by atoms with van der Waals surface area (Å²) in [6.07, 6.45) is 5.00. The second-order valence-electron chi connectivity index (χ2n) is 4.23. The van der Waals surface area contributed by atoms with E-state index in [1.165, 1.54) is 7.05 Å². The number of hydrogen-bond donors (Lipinski definition) is 4. The molecular formula is C9H20N4O3S. The van der Waals surface area contributed by atoms with Crippen molar-refractivity contribution < 1.29 is 13.6 Å². The minimum atomic E-state index is -3.60. The third kappa shape index (κ3) is 4.14. The van der Waals surface area contributed by atoms with E-state index in [-0.39, 0.29) is 11.8 Å². The molecule has 0 heterocycles. The lowest BCUT2D eigenvalue weighted by atomic mass is 9.84. The Morgan fingerprint density at radius 3 is 2.47 bits per heavy atom. The molecule has 0 spiro atoms. The summed E-state index contributed by atoms with van der Waals surface area (Å²) < 4.78 is 27.5. The maximum atomic E-state index is 11.5. The fourth-order valence-electron chi connectivity index (χ4n) is 2.15. The van der Waals surface area contributed by atoms with E-state index in [0.29, 0.717) is 0 Å². The fraction of sp³-hybridized carbons (Fsp3) is 0.889. The van der Waals surface area contributed by atoms with Crippen LogP contribution in [0.2, 0.25) is 0 Å². The van der Waals surface area contributed by atoms with Gasteiger partial charge in [0.15, 0.2) is 5.84 Å². The minimum absolute atomic E-state index is 0.0859. The molecule has 1 aliphatic carbocycles. The molecule has 7 nitrogen and oxygen atoms in total. The SMILES string of the molecule is CNS(=O)(=O)NC(C(N)=NO)C1CCCCC1. The van der Waals surface area contributed by atoms with Gasteiger partial charge in [0.05, 0.1) is 6.04 Å². The molecule has 0 radical (unpaired) electrons. The summed E-state index contributed by atoms with van der Waals surface area (Å²) in [6, 6.07) is -0.641. The van der Waals surface area contributed by atoms with Crippen LogP contribution in [0.15, 0.2) is 5.16 Å². The van der Waals surface area contributed by atoms with E-state index in [1.807, 2.05) is 0 Å². The van der Waals surface area contributed by atoms with E-state index in [4.69, 9.17) is 10.9 Å². The van der Waals surface area contributed by atoms with Gasteiger partial charge in [-0.05, 0) is 18.8 Å². The Morgan fingerprint density at radius 1 is 1.41 bits per heavy atom. The maximum Gasteiger partial charge on any atom is 0.277 e. The van der Waals surface area contributed by atoms with E-state index < -0.39 is 16.3 Å². The molecule has 17 heavy (non-hydrogen) atoms. The molecule has 0 amide bonds. The van der Waals surface area contributed by atoms with Gasteiger partial charge < -0.3 is 10.9 Å². The summed E-state index contributed by atoms with van der Waals surface area (Å²) in [4.78, 5) is 0. The molecule has 0 aromatic carbocycles. The quantitative estimate of drug-likeness (QED) is 0.237. The van der Waals surface area contributed by atoms with Crippen molar-refractivity contribution in [1.29, 1.82) is 0 Å². The van der Waals surface area contributed by atoms with E-state index >= 15 is 0 Å². The Balaban J connectivity index is 2.80. The Kier molecular flexibility index (Phi) is 5.16. The number of oxime groups is 1. The summed E-state index contributed by atoms with van der Waals surface area (Å²) in [6.45, 7) is 0. The molecule has 0 aromatic rings. The molecule has 1 aliphatic rings. The van der Waals surface area contributed by atoms with Crippen LogP contribution in [-0.4, -0.2) is 32.6 Å². The van der Waals surface area contributed by atoms with Crippen LogP contribution in [0.3, 0.4) is 0 Å². The average molecular weight is 264 g/mol. The highest BCUT2D eigenvalue weighted by atomic mass is 32.2. The first-order valence-corrected chi connectivity index (χ1v) is 7.16. The van der Waals surface area contributed by atoms with Gasteiger partial charge in [-0.25, -0.2) is 4.72 Å². The van der Waals surface area contributed by atoms with Gasteiger partial charge >= 0.3 is 0 Å². The third-order valence-electron chi connectivity index (χ3n) is 3.11. The number of rotatable bonds is 5. The van der Waals surface area contributed by atoms with Crippen molar-refractivity contribution in [2.45, 2.75) is 38.1 Å². The highest BCUT2D eigenvalue weighted by Crippen LogP contribution is 2.26. The number of nitrogens with zero attached hydrogens (tertiary/aromatic N) is 1. The van der Waals surface area contributed by atoms with Gasteiger partial charge in [-0.1, -0.05) is 24.4 Å². The normalized spacial score (nSPS) is 21.4. The molecule has 5 N–H and O–H groups in total. The smallest absolute Gasteiger partial charge is 0.277 e. The zero-order valence-corrected chi connectivity index (χ0v) is 10.7. The van der Waals surface area contributed by atoms with Crippen molar-refractivity contribution in [3.63, 3.8) is 0 Å². The highest BCUT2D eigenvalue weighted by Gasteiger charge is 2.30. The standard InChI is InChI=1S/C9H20N4O3S/c1-11-17(15,16)13-8(9(10)12-14)7-5-3-2-4-6-7/h7-8,11,13-14H,2-6H2,1H3,(H2,10,12). The molecule has 1 fully saturated rings. The lowest BCUT2D eigenvalue weighted by Crippen LogP contribution is -2.52. The van der Waals surface area contributed by atoms with Crippen molar-refractivity contribution in [3.05, 3.63) is 0 Å². The first-order chi connectivity index (χ1) is 8.00. The molecule has 0 bridgehead atoms. The zero-order valence-electron chi connectivity index (χ0n) is 9.89. The lowest BCUT2D eigenvalue weighted by Gasteiger charge is -2.29. The van der Waals surface area contributed by atoms with E-state index in [9.17, 15) is 8.42 Å². The van der Waals surface area contributed by atoms with Crippen LogP contribution >= 0.6 is 0 Å². The molecule has 0 aliphatic heterocycles. The van der Waals surface area contributed by atoms with E-state index in [2.05, 4.69) is 14.6 Å². The monoisotopic (exact) mass is 264 g/mol. The predicted molar refractivity (Wildman–Crippen MR) is 64.9 cm³/mol. The van der Waals surface area contributed by atoms with Crippen LogP contribution in [0.5, 0.6) is 0 Å². The largest absolute Gasteiger partial charge is 0.409 e. The van der Waals surface area contributed by atoms with Crippen molar-refractivity contribution in [2.75, 3.05) is 7.05 Å². The van der Waals surface area contributed by atoms with Crippen LogP contribution < -0.4 is 15.2 Å². The Hall–Kier alpha value is -0.860. The Bertz CT molecular complexity index is 362. The van der Waals surface area contributed by atoms with E-state index in [1.54, 1.807) is 0 Å². The summed E-state index contributed by atoms with van der Waals surface area (Å²) >= 11 is 0. The second-order valence-corrected chi connectivity index (χ2v) is 5.88. The van der Waals surface area contributed by atoms with Crippen LogP contribution in [0, 0.1) is 5.92 Å². The molecule has 1 atom stereocenters. The number of hydrogen-bond acceptors (Lipinski definition) is 4. The molecule has 1 unspecified atom stereocenters. The highest BCUT2D eigenvalue weighted by molar-refractivity contribution is 7.87. The molecule has 100 valence electrons. The minimum Gasteiger partial charge on any atom is -0.409 e. The maximum absolute atomic E-state index is 11.5. The first kappa shape index (κ1) is 14.2. The molecule has 8 heteroatoms. The van der Waals surface area contributed by atoms with Crippen LogP contribution in [-0.2, 0) is 10.2 Å². The molecule has 1 saturated carbocycles. The average Bonchev–Trinajstić information content (AvgIpc) is 2.36. The lowest BCUT2D eigenvalue weighted by molar-refractivity contribution is 0.297. The summed E-state index contributed by atoms with van der Waals surface area (Å²) in [5.74, 6) is -0.00139. The molecular weight excluding hydrogens is 244 g/mol. The van der Waals surface area contributed by atoms with Gasteiger partial charge in [0.1, 0.15) is 0 Å². The Morgan fingerprint density at radius 2 is 2.00 bits per heavy atom. The van der Waals surface area contributed by atoms with Gasteiger partial charge in [-0.3, -0.25) is 0 Å². The van der Waals surface area contributed by atoms with Gasteiger partial charge in [0, 0.05) is 7.05 Å². The van der Waals surface area contributed by atoms with Gasteiger partial charge in [0.2, 0.25) is 0 Å². The first-order valence-electron chi connectivity index (χ1n) is 5.68. The van der Waals surface area contributed by atoms with Crippen molar-refractivity contribution in [3.8, 4) is 0 Å². The van der Waals surface area contributed by atoms with Gasteiger partial charge in [-0.2, -0.15) is 13.1 Å². The van der Waals surface area contributed by atoms with Crippen molar-refractivity contribution in [1.82, 2.24) is 9.44 Å². The third-order valence-corrected chi connectivity index (χ3v) is 4.21. The molecule has 0 aromatic heterocycles. The fourth-order valence-corrected chi connectivity index (χ4v) is 2.92. The molecule has 1 rings (SSSR count). The van der Waals surface area contributed by atoms with Gasteiger partial charge in [-0.15, -0.1) is 0 Å². The van der Waals surface area contributed by atoms with Gasteiger partial charge in [0.25, 0.3) is 10.2 Å². The second kappa shape index (κ2) is 6.18. The number of nitrogens with two attached hydrogens (primary N) is 1. The number of nitrogens with one attached hydrogen (secondary N) is 2. The zero-order chi connectivity index (χ0) is 12.9. The predicted octanol–water partition coefficient (Wildman–Crippen LogP) is -0.264. The number of amidine groups is 1. The topological polar surface area (TPSA) is 117 Å². The summed E-state index contributed by atoms with van der Waals surface area (Å²) in [7, 11) is -2.28. The van der Waals surface area contributed by atoms with Crippen molar-refractivity contribution in [2.24, 2.45) is 16.8 Å². The van der Waals surface area contributed by atoms with Crippen LogP contribution in [0.25, 0.3) is 0 Å². The summed E-state index contributed by atoms with van der Waals surface area (Å²) in [5, 5.41) is 11.6.